The zero-order valence-electron chi connectivity index (χ0n) is 18.9. The molecular weight excluding hydrogens is 408 g/mol. The number of carbonyl (C=O) groups is 1. The van der Waals surface area contributed by atoms with Crippen molar-refractivity contribution in [2.24, 2.45) is 5.92 Å². The van der Waals surface area contributed by atoms with Gasteiger partial charge in [0.2, 0.25) is 0 Å². The molecule has 9 nitrogen and oxygen atoms in total. The van der Waals surface area contributed by atoms with Gasteiger partial charge in [-0.2, -0.15) is 9.61 Å². The Morgan fingerprint density at radius 3 is 2.78 bits per heavy atom. The van der Waals surface area contributed by atoms with E-state index in [9.17, 15) is 14.7 Å². The average Bonchev–Trinajstić information content (AvgIpc) is 3.34. The van der Waals surface area contributed by atoms with Gasteiger partial charge in [-0.1, -0.05) is 0 Å². The van der Waals surface area contributed by atoms with E-state index in [1.807, 2.05) is 38.9 Å². The van der Waals surface area contributed by atoms with Crippen molar-refractivity contribution in [2.75, 3.05) is 24.3 Å². The van der Waals surface area contributed by atoms with Crippen LogP contribution in [0.3, 0.4) is 0 Å². The second-order valence-corrected chi connectivity index (χ2v) is 9.00. The number of rotatable bonds is 7. The topological polar surface area (TPSA) is 105 Å². The molecule has 4 rings (SSSR count). The molecule has 1 aliphatic rings. The van der Waals surface area contributed by atoms with Crippen LogP contribution in [0.1, 0.15) is 55.9 Å². The standard InChI is InChI=1S/C23H30N6O3/c1-14(2)28-9-5-6-18(23(28)32)25-20-12-21(27(3)4)29-22(26-20)17(13-24-29)19(31)11-15-7-8-16(30)10-15/h5-6,9,12-16,30H,7-8,10-11H2,1-4H3,(H,25,26)/t15?,16-/m0/s1. The van der Waals surface area contributed by atoms with Gasteiger partial charge in [-0.05, 0) is 51.2 Å². The lowest BCUT2D eigenvalue weighted by molar-refractivity contribution is 0.0959. The van der Waals surface area contributed by atoms with Gasteiger partial charge < -0.3 is 19.9 Å². The molecule has 3 aromatic rings. The molecule has 1 fully saturated rings. The van der Waals surface area contributed by atoms with Crippen LogP contribution in [0.5, 0.6) is 0 Å². The maximum Gasteiger partial charge on any atom is 0.274 e. The molecule has 1 aliphatic carbocycles. The van der Waals surface area contributed by atoms with Crippen LogP contribution in [0.4, 0.5) is 17.3 Å². The highest BCUT2D eigenvalue weighted by atomic mass is 16.3. The molecule has 9 heteroatoms. The zero-order valence-corrected chi connectivity index (χ0v) is 18.9. The number of fused-ring (bicyclic) bond motifs is 1. The number of ketones is 1. The molecule has 0 spiro atoms. The van der Waals surface area contributed by atoms with E-state index in [0.29, 0.717) is 35.6 Å². The molecule has 1 saturated carbocycles. The summed E-state index contributed by atoms with van der Waals surface area (Å²) < 4.78 is 3.29. The number of aliphatic hydroxyl groups excluding tert-OH is 1. The number of pyridine rings is 1. The number of Topliss-reactive ketones (excluding diaryl/α,β-unsaturated/α-hetero) is 1. The lowest BCUT2D eigenvalue weighted by atomic mass is 9.98. The maximum absolute atomic E-state index is 13.0. The maximum atomic E-state index is 13.0. The minimum atomic E-state index is -0.313. The van der Waals surface area contributed by atoms with E-state index >= 15 is 0 Å². The van der Waals surface area contributed by atoms with Crippen molar-refractivity contribution in [3.05, 3.63) is 46.5 Å². The van der Waals surface area contributed by atoms with Crippen molar-refractivity contribution in [1.29, 1.82) is 0 Å². The Kier molecular flexibility index (Phi) is 6.01. The molecule has 32 heavy (non-hydrogen) atoms. The molecule has 3 heterocycles. The minimum absolute atomic E-state index is 0.0321. The van der Waals surface area contributed by atoms with Crippen LogP contribution in [0.25, 0.3) is 5.65 Å². The Morgan fingerprint density at radius 2 is 2.12 bits per heavy atom. The van der Waals surface area contributed by atoms with Crippen molar-refractivity contribution < 1.29 is 9.90 Å². The van der Waals surface area contributed by atoms with Crippen LogP contribution >= 0.6 is 0 Å². The van der Waals surface area contributed by atoms with Gasteiger partial charge in [0.25, 0.3) is 5.56 Å². The first kappa shape index (κ1) is 22.0. The van der Waals surface area contributed by atoms with Gasteiger partial charge in [-0.3, -0.25) is 9.59 Å². The van der Waals surface area contributed by atoms with Gasteiger partial charge in [-0.25, -0.2) is 4.98 Å². The minimum Gasteiger partial charge on any atom is -0.393 e. The molecule has 0 radical (unpaired) electrons. The van der Waals surface area contributed by atoms with Crippen LogP contribution < -0.4 is 15.8 Å². The van der Waals surface area contributed by atoms with Gasteiger partial charge in [0.15, 0.2) is 11.4 Å². The Morgan fingerprint density at radius 1 is 1.34 bits per heavy atom. The van der Waals surface area contributed by atoms with E-state index in [-0.39, 0.29) is 29.4 Å². The van der Waals surface area contributed by atoms with Crippen LogP contribution in [0, 0.1) is 5.92 Å². The van der Waals surface area contributed by atoms with E-state index in [1.165, 1.54) is 0 Å². The molecular formula is C23H30N6O3. The third-order valence-corrected chi connectivity index (χ3v) is 5.99. The number of nitrogens with one attached hydrogen (secondary N) is 1. The fraction of sp³-hybridized carbons (Fsp3) is 0.478. The first-order valence-corrected chi connectivity index (χ1v) is 11.0. The monoisotopic (exact) mass is 438 g/mol. The number of aliphatic hydroxyl groups is 1. The summed E-state index contributed by atoms with van der Waals surface area (Å²) in [4.78, 5) is 32.4. The molecule has 1 unspecified atom stereocenters. The van der Waals surface area contributed by atoms with E-state index in [2.05, 4.69) is 15.4 Å². The highest BCUT2D eigenvalue weighted by Crippen LogP contribution is 2.30. The Bertz CT molecular complexity index is 1200. The summed E-state index contributed by atoms with van der Waals surface area (Å²) in [5.41, 5.74) is 1.17. The highest BCUT2D eigenvalue weighted by molar-refractivity contribution is 6.01. The van der Waals surface area contributed by atoms with Crippen molar-refractivity contribution in [3.63, 3.8) is 0 Å². The summed E-state index contributed by atoms with van der Waals surface area (Å²) in [5, 5.41) is 17.3. The SMILES string of the molecule is CC(C)n1cccc(Nc2cc(N(C)C)n3ncc(C(=O)CC4CC[C@H](O)C4)c3n2)c1=O. The van der Waals surface area contributed by atoms with Crippen molar-refractivity contribution in [1.82, 2.24) is 19.2 Å². The van der Waals surface area contributed by atoms with Crippen LogP contribution in [-0.4, -0.2) is 50.3 Å². The van der Waals surface area contributed by atoms with Crippen LogP contribution in [-0.2, 0) is 0 Å². The first-order valence-electron chi connectivity index (χ1n) is 11.0. The average molecular weight is 439 g/mol. The number of aromatic nitrogens is 4. The van der Waals surface area contributed by atoms with Gasteiger partial charge in [0, 0.05) is 38.8 Å². The quantitative estimate of drug-likeness (QED) is 0.546. The Balaban J connectivity index is 1.71. The molecule has 0 saturated heterocycles. The summed E-state index contributed by atoms with van der Waals surface area (Å²) in [5.74, 6) is 1.34. The lowest BCUT2D eigenvalue weighted by Gasteiger charge is -2.17. The summed E-state index contributed by atoms with van der Waals surface area (Å²) in [6.07, 6.45) is 5.62. The van der Waals surface area contributed by atoms with Crippen LogP contribution in [0.15, 0.2) is 35.4 Å². The summed E-state index contributed by atoms with van der Waals surface area (Å²) in [6.45, 7) is 3.90. The number of anilines is 3. The largest absolute Gasteiger partial charge is 0.393 e. The number of carbonyl (C=O) groups excluding carboxylic acids is 1. The number of hydrogen-bond donors (Lipinski definition) is 2. The third kappa shape index (κ3) is 4.25. The van der Waals surface area contributed by atoms with Gasteiger partial charge >= 0.3 is 0 Å². The molecule has 2 atom stereocenters. The highest BCUT2D eigenvalue weighted by Gasteiger charge is 2.27. The second kappa shape index (κ2) is 8.74. The second-order valence-electron chi connectivity index (χ2n) is 9.00. The Labute approximate surface area is 186 Å². The van der Waals surface area contributed by atoms with Gasteiger partial charge in [0.05, 0.1) is 17.9 Å². The van der Waals surface area contributed by atoms with Crippen molar-refractivity contribution >= 4 is 28.8 Å². The van der Waals surface area contributed by atoms with E-state index in [1.54, 1.807) is 33.6 Å². The van der Waals surface area contributed by atoms with Gasteiger partial charge in [0.1, 0.15) is 17.3 Å². The molecule has 0 aliphatic heterocycles. The normalized spacial score (nSPS) is 18.4. The van der Waals surface area contributed by atoms with E-state index < -0.39 is 0 Å². The fourth-order valence-corrected chi connectivity index (χ4v) is 4.28. The molecule has 0 aromatic carbocycles. The smallest absolute Gasteiger partial charge is 0.274 e. The van der Waals surface area contributed by atoms with Crippen molar-refractivity contribution in [3.8, 4) is 0 Å². The molecule has 2 N–H and O–H groups in total. The molecule has 3 aromatic heterocycles. The van der Waals surface area contributed by atoms with E-state index in [0.717, 1.165) is 18.7 Å². The first-order chi connectivity index (χ1) is 15.2. The van der Waals surface area contributed by atoms with Gasteiger partial charge in [-0.15, -0.1) is 0 Å². The third-order valence-electron chi connectivity index (χ3n) is 5.99. The molecule has 0 amide bonds. The lowest BCUT2D eigenvalue weighted by Crippen LogP contribution is -2.23. The van der Waals surface area contributed by atoms with Crippen molar-refractivity contribution in [2.45, 2.75) is 51.7 Å². The molecule has 170 valence electrons. The number of nitrogens with zero attached hydrogens (tertiary/aromatic N) is 5. The van der Waals surface area contributed by atoms with Crippen LogP contribution in [0.2, 0.25) is 0 Å². The molecule has 0 bridgehead atoms. The summed E-state index contributed by atoms with van der Waals surface area (Å²) >= 11 is 0. The fourth-order valence-electron chi connectivity index (χ4n) is 4.28. The summed E-state index contributed by atoms with van der Waals surface area (Å²) in [7, 11) is 3.77. The number of hydrogen-bond acceptors (Lipinski definition) is 7. The van der Waals surface area contributed by atoms with E-state index in [4.69, 9.17) is 0 Å². The summed E-state index contributed by atoms with van der Waals surface area (Å²) in [6, 6.07) is 5.37. The predicted molar refractivity (Wildman–Crippen MR) is 124 cm³/mol. The zero-order chi connectivity index (χ0) is 23.0. The predicted octanol–water partition coefficient (Wildman–Crippen LogP) is 3.02. The Hall–Kier alpha value is -3.20.